The SMILES string of the molecule is COC1(C(=O)O)CNCCC1c1ccccc1C(=O)Nc1nnc(-c2cccs2)o1. The molecule has 4 rings (SSSR count). The number of aromatic nitrogens is 2. The van der Waals surface area contributed by atoms with Gasteiger partial charge in [-0.25, -0.2) is 4.79 Å². The molecule has 3 N–H and O–H groups in total. The minimum Gasteiger partial charge on any atom is -0.479 e. The second-order valence-electron chi connectivity index (χ2n) is 6.85. The van der Waals surface area contributed by atoms with E-state index in [0.29, 0.717) is 30.0 Å². The highest BCUT2D eigenvalue weighted by Crippen LogP contribution is 2.38. The molecular formula is C20H20N4O5S. The van der Waals surface area contributed by atoms with Crippen molar-refractivity contribution in [1.82, 2.24) is 15.5 Å². The van der Waals surface area contributed by atoms with Crippen LogP contribution in [0, 0.1) is 0 Å². The van der Waals surface area contributed by atoms with Crippen LogP contribution in [-0.2, 0) is 9.53 Å². The molecule has 3 aromatic rings. The minimum absolute atomic E-state index is 0.0280. The fraction of sp³-hybridized carbons (Fsp3) is 0.300. The van der Waals surface area contributed by atoms with E-state index < -0.39 is 23.4 Å². The smallest absolute Gasteiger partial charge is 0.337 e. The highest BCUT2D eigenvalue weighted by atomic mass is 32.1. The minimum atomic E-state index is -1.47. The first-order valence-electron chi connectivity index (χ1n) is 9.32. The van der Waals surface area contributed by atoms with Crippen LogP contribution >= 0.6 is 11.3 Å². The molecule has 0 aliphatic carbocycles. The number of amides is 1. The molecule has 9 nitrogen and oxygen atoms in total. The van der Waals surface area contributed by atoms with E-state index in [1.807, 2.05) is 17.5 Å². The van der Waals surface area contributed by atoms with Gasteiger partial charge in [0.2, 0.25) is 0 Å². The zero-order valence-corrected chi connectivity index (χ0v) is 16.9. The number of thiophene rings is 1. The van der Waals surface area contributed by atoms with Crippen molar-refractivity contribution in [1.29, 1.82) is 0 Å². The Labute approximate surface area is 176 Å². The maximum atomic E-state index is 13.0. The number of hydrogen-bond acceptors (Lipinski definition) is 8. The summed E-state index contributed by atoms with van der Waals surface area (Å²) in [5.41, 5.74) is -0.535. The van der Waals surface area contributed by atoms with E-state index in [-0.39, 0.29) is 12.6 Å². The van der Waals surface area contributed by atoms with Crippen LogP contribution in [0.5, 0.6) is 0 Å². The maximum absolute atomic E-state index is 13.0. The Kier molecular flexibility index (Phi) is 5.62. The molecular weight excluding hydrogens is 408 g/mol. The predicted molar refractivity (Wildman–Crippen MR) is 110 cm³/mol. The molecule has 1 fully saturated rings. The fourth-order valence-electron chi connectivity index (χ4n) is 3.76. The van der Waals surface area contributed by atoms with Gasteiger partial charge in [0.1, 0.15) is 0 Å². The Balaban J connectivity index is 1.63. The quantitative estimate of drug-likeness (QED) is 0.547. The van der Waals surface area contributed by atoms with Crippen LogP contribution in [0.15, 0.2) is 46.2 Å². The van der Waals surface area contributed by atoms with Crippen LogP contribution in [0.1, 0.15) is 28.3 Å². The molecule has 10 heteroatoms. The summed E-state index contributed by atoms with van der Waals surface area (Å²) in [5, 5.41) is 25.3. The lowest BCUT2D eigenvalue weighted by molar-refractivity contribution is -0.167. The van der Waals surface area contributed by atoms with E-state index in [9.17, 15) is 14.7 Å². The van der Waals surface area contributed by atoms with Crippen LogP contribution in [-0.4, -0.2) is 53.0 Å². The number of benzene rings is 1. The second-order valence-corrected chi connectivity index (χ2v) is 7.80. The van der Waals surface area contributed by atoms with Crippen LogP contribution < -0.4 is 10.6 Å². The average molecular weight is 428 g/mol. The van der Waals surface area contributed by atoms with Crippen molar-refractivity contribution in [2.75, 3.05) is 25.5 Å². The Morgan fingerprint density at radius 3 is 2.87 bits per heavy atom. The van der Waals surface area contributed by atoms with E-state index in [4.69, 9.17) is 9.15 Å². The van der Waals surface area contributed by atoms with Crippen LogP contribution in [0.3, 0.4) is 0 Å². The number of nitrogens with zero attached hydrogens (tertiary/aromatic N) is 2. The topological polar surface area (TPSA) is 127 Å². The number of carbonyl (C=O) groups is 2. The normalized spacial score (nSPS) is 21.3. The van der Waals surface area contributed by atoms with Gasteiger partial charge in [-0.2, -0.15) is 0 Å². The van der Waals surface area contributed by atoms with Crippen LogP contribution in [0.4, 0.5) is 6.01 Å². The summed E-state index contributed by atoms with van der Waals surface area (Å²) < 4.78 is 11.0. The Morgan fingerprint density at radius 2 is 2.13 bits per heavy atom. The van der Waals surface area contributed by atoms with Gasteiger partial charge >= 0.3 is 12.0 Å². The molecule has 1 amide bonds. The molecule has 0 bridgehead atoms. The largest absolute Gasteiger partial charge is 0.479 e. The van der Waals surface area contributed by atoms with Gasteiger partial charge in [-0.15, -0.1) is 16.4 Å². The Bertz CT molecular complexity index is 1050. The highest BCUT2D eigenvalue weighted by molar-refractivity contribution is 7.13. The molecule has 156 valence electrons. The number of ether oxygens (including phenoxy) is 1. The van der Waals surface area contributed by atoms with E-state index in [1.165, 1.54) is 18.4 Å². The van der Waals surface area contributed by atoms with Crippen molar-refractivity contribution in [2.24, 2.45) is 0 Å². The Hall–Kier alpha value is -3.08. The maximum Gasteiger partial charge on any atom is 0.337 e. The summed E-state index contributed by atoms with van der Waals surface area (Å²) in [6.45, 7) is 0.764. The van der Waals surface area contributed by atoms with E-state index in [0.717, 1.165) is 4.88 Å². The number of nitrogens with one attached hydrogen (secondary N) is 2. The first-order chi connectivity index (χ1) is 14.5. The molecule has 0 saturated carbocycles. The number of anilines is 1. The Morgan fingerprint density at radius 1 is 1.30 bits per heavy atom. The molecule has 1 aliphatic heterocycles. The van der Waals surface area contributed by atoms with Crippen molar-refractivity contribution in [2.45, 2.75) is 17.9 Å². The lowest BCUT2D eigenvalue weighted by Crippen LogP contribution is -2.57. The summed E-state index contributed by atoms with van der Waals surface area (Å²) in [6.07, 6.45) is 0.507. The molecule has 2 aromatic heterocycles. The number of methoxy groups -OCH3 is 1. The highest BCUT2D eigenvalue weighted by Gasteiger charge is 2.49. The van der Waals surface area contributed by atoms with Gasteiger partial charge in [0.05, 0.1) is 4.88 Å². The van der Waals surface area contributed by atoms with Gasteiger partial charge in [0.25, 0.3) is 11.8 Å². The van der Waals surface area contributed by atoms with Crippen molar-refractivity contribution in [3.05, 3.63) is 52.9 Å². The van der Waals surface area contributed by atoms with Gasteiger partial charge in [-0.3, -0.25) is 10.1 Å². The first-order valence-corrected chi connectivity index (χ1v) is 10.2. The third-order valence-corrected chi connectivity index (χ3v) is 6.10. The third kappa shape index (κ3) is 3.60. The van der Waals surface area contributed by atoms with Crippen LogP contribution in [0.2, 0.25) is 0 Å². The van der Waals surface area contributed by atoms with Crippen molar-refractivity contribution in [3.63, 3.8) is 0 Å². The average Bonchev–Trinajstić information content (AvgIpc) is 3.45. The number of carboxylic acid groups (broad SMARTS) is 1. The van der Waals surface area contributed by atoms with Crippen molar-refractivity contribution in [3.8, 4) is 10.8 Å². The number of hydrogen-bond donors (Lipinski definition) is 3. The van der Waals surface area contributed by atoms with Crippen molar-refractivity contribution >= 4 is 29.2 Å². The van der Waals surface area contributed by atoms with Gasteiger partial charge in [0, 0.05) is 25.1 Å². The van der Waals surface area contributed by atoms with Crippen LogP contribution in [0.25, 0.3) is 10.8 Å². The van der Waals surface area contributed by atoms with E-state index in [2.05, 4.69) is 20.8 Å². The molecule has 2 unspecified atom stereocenters. The fourth-order valence-corrected chi connectivity index (χ4v) is 4.40. The van der Waals surface area contributed by atoms with Gasteiger partial charge in [-0.05, 0) is 36.0 Å². The number of rotatable bonds is 6. The number of aliphatic carboxylic acids is 1. The standard InChI is InChI=1S/C20H20N4O5S/c1-28-20(18(26)27)11-21-9-8-14(20)12-5-2-3-6-13(12)16(25)22-19-24-23-17(29-19)15-7-4-10-30-15/h2-7,10,14,21H,8-9,11H2,1H3,(H,26,27)(H,22,24,25). The first kappa shape index (κ1) is 20.2. The third-order valence-electron chi connectivity index (χ3n) is 5.24. The number of piperidine rings is 1. The molecule has 0 spiro atoms. The van der Waals surface area contributed by atoms with Gasteiger partial charge in [0.15, 0.2) is 5.60 Å². The lowest BCUT2D eigenvalue weighted by Gasteiger charge is -2.40. The van der Waals surface area contributed by atoms with Gasteiger partial charge < -0.3 is 19.6 Å². The summed E-state index contributed by atoms with van der Waals surface area (Å²) in [4.78, 5) is 25.9. The van der Waals surface area contributed by atoms with Gasteiger partial charge in [-0.1, -0.05) is 29.4 Å². The number of carbonyl (C=O) groups excluding carboxylic acids is 1. The summed E-state index contributed by atoms with van der Waals surface area (Å²) >= 11 is 1.45. The van der Waals surface area contributed by atoms with E-state index >= 15 is 0 Å². The molecule has 30 heavy (non-hydrogen) atoms. The zero-order valence-electron chi connectivity index (χ0n) is 16.1. The molecule has 2 atom stereocenters. The molecule has 1 saturated heterocycles. The lowest BCUT2D eigenvalue weighted by atomic mass is 9.75. The van der Waals surface area contributed by atoms with Crippen molar-refractivity contribution < 1.29 is 23.8 Å². The second kappa shape index (κ2) is 8.34. The molecule has 0 radical (unpaired) electrons. The summed E-state index contributed by atoms with van der Waals surface area (Å²) in [7, 11) is 1.38. The zero-order chi connectivity index (χ0) is 21.1. The number of carboxylic acids is 1. The molecule has 1 aliphatic rings. The molecule has 3 heterocycles. The predicted octanol–water partition coefficient (Wildman–Crippen LogP) is 2.60. The van der Waals surface area contributed by atoms with E-state index in [1.54, 1.807) is 24.3 Å². The summed E-state index contributed by atoms with van der Waals surface area (Å²) in [6, 6.07) is 10.6. The molecule has 1 aromatic carbocycles. The summed E-state index contributed by atoms with van der Waals surface area (Å²) in [5.74, 6) is -1.72. The monoisotopic (exact) mass is 428 g/mol.